The van der Waals surface area contributed by atoms with E-state index >= 15 is 0 Å². The zero-order chi connectivity index (χ0) is 19.6. The molecule has 0 fully saturated rings. The number of benzene rings is 2. The molecule has 6 heteroatoms. The van der Waals surface area contributed by atoms with Crippen molar-refractivity contribution in [3.63, 3.8) is 0 Å². The van der Waals surface area contributed by atoms with E-state index in [0.29, 0.717) is 28.5 Å². The molecular weight excluding hydrogens is 366 g/mol. The molecule has 0 atom stereocenters. The zero-order valence-corrected chi connectivity index (χ0v) is 16.1. The van der Waals surface area contributed by atoms with Gasteiger partial charge in [-0.1, -0.05) is 37.1 Å². The number of carbonyl (C=O) groups excluding carboxylic acids is 2. The van der Waals surface area contributed by atoms with Crippen molar-refractivity contribution in [2.24, 2.45) is 0 Å². The number of ether oxygens (including phenoxy) is 2. The van der Waals surface area contributed by atoms with Crippen LogP contribution in [0.15, 0.2) is 54.2 Å². The van der Waals surface area contributed by atoms with Crippen molar-refractivity contribution in [1.82, 2.24) is 5.32 Å². The van der Waals surface area contributed by atoms with Crippen molar-refractivity contribution in [2.45, 2.75) is 19.8 Å². The Morgan fingerprint density at radius 3 is 2.33 bits per heavy atom. The second-order valence-electron chi connectivity index (χ2n) is 5.78. The van der Waals surface area contributed by atoms with Gasteiger partial charge in [-0.15, -0.1) is 0 Å². The molecular formula is C21H22ClNO4. The Kier molecular flexibility index (Phi) is 7.89. The number of hydrogen-bond acceptors (Lipinski definition) is 4. The number of esters is 1. The van der Waals surface area contributed by atoms with Crippen LogP contribution in [-0.4, -0.2) is 25.6 Å². The minimum Gasteiger partial charge on any atom is -0.494 e. The summed E-state index contributed by atoms with van der Waals surface area (Å²) in [6, 6.07) is 13.6. The number of carbonyl (C=O) groups is 2. The van der Waals surface area contributed by atoms with Crippen molar-refractivity contribution in [3.05, 3.63) is 70.4 Å². The molecule has 5 nitrogen and oxygen atoms in total. The van der Waals surface area contributed by atoms with Crippen molar-refractivity contribution in [2.75, 3.05) is 13.7 Å². The molecule has 0 aromatic heterocycles. The Balaban J connectivity index is 2.11. The summed E-state index contributed by atoms with van der Waals surface area (Å²) in [5, 5.41) is 3.17. The third kappa shape index (κ3) is 6.46. The van der Waals surface area contributed by atoms with Crippen LogP contribution < -0.4 is 10.1 Å². The first-order chi connectivity index (χ1) is 13.0. The summed E-state index contributed by atoms with van der Waals surface area (Å²) in [5.41, 5.74) is 1.15. The van der Waals surface area contributed by atoms with Gasteiger partial charge in [0.25, 0.3) is 5.91 Å². The molecule has 0 saturated carbocycles. The van der Waals surface area contributed by atoms with Gasteiger partial charge in [0.05, 0.1) is 13.7 Å². The number of rotatable bonds is 8. The molecule has 2 aromatic carbocycles. The van der Waals surface area contributed by atoms with Gasteiger partial charge in [0.2, 0.25) is 0 Å². The average Bonchev–Trinajstić information content (AvgIpc) is 2.69. The standard InChI is InChI=1S/C21H22ClNO4/c1-3-4-13-27-18-11-7-16(8-12-18)20(24)23-19(21(25)26-2)14-15-5-9-17(22)10-6-15/h5-12,14H,3-4,13H2,1-2H3,(H,23,24)/b19-14+. The highest BCUT2D eigenvalue weighted by Gasteiger charge is 2.15. The normalized spacial score (nSPS) is 11.0. The van der Waals surface area contributed by atoms with E-state index in [0.717, 1.165) is 12.8 Å². The van der Waals surface area contributed by atoms with Gasteiger partial charge in [-0.05, 0) is 54.5 Å². The van der Waals surface area contributed by atoms with E-state index in [2.05, 4.69) is 12.2 Å². The lowest BCUT2D eigenvalue weighted by Crippen LogP contribution is -2.28. The van der Waals surface area contributed by atoms with Gasteiger partial charge >= 0.3 is 5.97 Å². The fourth-order valence-corrected chi connectivity index (χ4v) is 2.34. The molecule has 0 aliphatic heterocycles. The number of nitrogens with one attached hydrogen (secondary N) is 1. The van der Waals surface area contributed by atoms with Crippen molar-refractivity contribution >= 4 is 29.6 Å². The minimum atomic E-state index is -0.641. The maximum Gasteiger partial charge on any atom is 0.354 e. The Labute approximate surface area is 163 Å². The first-order valence-electron chi connectivity index (χ1n) is 8.63. The average molecular weight is 388 g/mol. The third-order valence-electron chi connectivity index (χ3n) is 3.72. The number of methoxy groups -OCH3 is 1. The van der Waals surface area contributed by atoms with Crippen LogP contribution in [0.4, 0.5) is 0 Å². The number of halogens is 1. The first kappa shape index (κ1) is 20.5. The van der Waals surface area contributed by atoms with E-state index in [1.807, 2.05) is 0 Å². The summed E-state index contributed by atoms with van der Waals surface area (Å²) in [5.74, 6) is -0.358. The molecule has 0 heterocycles. The second kappa shape index (κ2) is 10.4. The van der Waals surface area contributed by atoms with E-state index < -0.39 is 11.9 Å². The van der Waals surface area contributed by atoms with Crippen molar-refractivity contribution in [3.8, 4) is 5.75 Å². The van der Waals surface area contributed by atoms with E-state index in [9.17, 15) is 9.59 Å². The SMILES string of the molecule is CCCCOc1ccc(C(=O)N/C(=C/c2ccc(Cl)cc2)C(=O)OC)cc1. The van der Waals surface area contributed by atoms with Crippen LogP contribution >= 0.6 is 11.6 Å². The van der Waals surface area contributed by atoms with Crippen LogP contribution in [0, 0.1) is 0 Å². The summed E-state index contributed by atoms with van der Waals surface area (Å²) in [7, 11) is 1.26. The Hall–Kier alpha value is -2.79. The first-order valence-corrected chi connectivity index (χ1v) is 9.01. The summed E-state index contributed by atoms with van der Waals surface area (Å²) in [6.45, 7) is 2.73. The van der Waals surface area contributed by atoms with E-state index in [1.165, 1.54) is 13.2 Å². The van der Waals surface area contributed by atoms with Crippen molar-refractivity contribution in [1.29, 1.82) is 0 Å². The Bertz CT molecular complexity index is 798. The monoisotopic (exact) mass is 387 g/mol. The molecule has 0 saturated heterocycles. The van der Waals surface area contributed by atoms with E-state index in [-0.39, 0.29) is 5.70 Å². The molecule has 0 spiro atoms. The van der Waals surface area contributed by atoms with E-state index in [1.54, 1.807) is 48.5 Å². The molecule has 2 rings (SSSR count). The highest BCUT2D eigenvalue weighted by atomic mass is 35.5. The van der Waals surface area contributed by atoms with Gasteiger partial charge in [0.1, 0.15) is 11.4 Å². The Morgan fingerprint density at radius 2 is 1.74 bits per heavy atom. The lowest BCUT2D eigenvalue weighted by Gasteiger charge is -2.10. The molecule has 0 radical (unpaired) electrons. The lowest BCUT2D eigenvalue weighted by molar-refractivity contribution is -0.136. The maximum atomic E-state index is 12.5. The quantitative estimate of drug-likeness (QED) is 0.412. The molecule has 0 bridgehead atoms. The topological polar surface area (TPSA) is 64.6 Å². The molecule has 27 heavy (non-hydrogen) atoms. The molecule has 2 aromatic rings. The van der Waals surface area contributed by atoms with Crippen LogP contribution in [0.5, 0.6) is 5.75 Å². The van der Waals surface area contributed by atoms with Gasteiger partial charge in [-0.2, -0.15) is 0 Å². The molecule has 0 aliphatic carbocycles. The highest BCUT2D eigenvalue weighted by Crippen LogP contribution is 2.15. The number of unbranched alkanes of at least 4 members (excludes halogenated alkanes) is 1. The molecule has 0 unspecified atom stereocenters. The Morgan fingerprint density at radius 1 is 1.07 bits per heavy atom. The molecule has 142 valence electrons. The van der Waals surface area contributed by atoms with Crippen LogP contribution in [0.3, 0.4) is 0 Å². The summed E-state index contributed by atoms with van der Waals surface area (Å²) in [6.07, 6.45) is 3.55. The highest BCUT2D eigenvalue weighted by molar-refractivity contribution is 6.30. The van der Waals surface area contributed by atoms with Crippen LogP contribution in [-0.2, 0) is 9.53 Å². The maximum absolute atomic E-state index is 12.5. The molecule has 1 N–H and O–H groups in total. The summed E-state index contributed by atoms with van der Waals surface area (Å²) >= 11 is 5.86. The van der Waals surface area contributed by atoms with Gasteiger partial charge in [-0.3, -0.25) is 4.79 Å². The second-order valence-corrected chi connectivity index (χ2v) is 6.22. The van der Waals surface area contributed by atoms with Gasteiger partial charge in [0, 0.05) is 10.6 Å². The lowest BCUT2D eigenvalue weighted by atomic mass is 10.1. The number of hydrogen-bond donors (Lipinski definition) is 1. The minimum absolute atomic E-state index is 0.0353. The van der Waals surface area contributed by atoms with E-state index in [4.69, 9.17) is 21.1 Å². The van der Waals surface area contributed by atoms with Crippen LogP contribution in [0.25, 0.3) is 6.08 Å². The number of amides is 1. The fraction of sp³-hybridized carbons (Fsp3) is 0.238. The fourth-order valence-electron chi connectivity index (χ4n) is 2.21. The van der Waals surface area contributed by atoms with Gasteiger partial charge in [-0.25, -0.2) is 4.79 Å². The van der Waals surface area contributed by atoms with Crippen LogP contribution in [0.1, 0.15) is 35.7 Å². The van der Waals surface area contributed by atoms with Crippen LogP contribution in [0.2, 0.25) is 5.02 Å². The third-order valence-corrected chi connectivity index (χ3v) is 3.97. The van der Waals surface area contributed by atoms with Gasteiger partial charge in [0.15, 0.2) is 0 Å². The van der Waals surface area contributed by atoms with Crippen molar-refractivity contribution < 1.29 is 19.1 Å². The summed E-state index contributed by atoms with van der Waals surface area (Å²) < 4.78 is 10.3. The van der Waals surface area contributed by atoms with Gasteiger partial charge < -0.3 is 14.8 Å². The smallest absolute Gasteiger partial charge is 0.354 e. The molecule has 0 aliphatic rings. The zero-order valence-electron chi connectivity index (χ0n) is 15.3. The predicted molar refractivity (Wildman–Crippen MR) is 106 cm³/mol. The summed E-state index contributed by atoms with van der Waals surface area (Å²) in [4.78, 5) is 24.5. The predicted octanol–water partition coefficient (Wildman–Crippen LogP) is 4.46. The largest absolute Gasteiger partial charge is 0.494 e. The molecule has 1 amide bonds.